The predicted octanol–water partition coefficient (Wildman–Crippen LogP) is 2.98. The standard InChI is InChI=1S/C18H17F3N2O4S/c19-18(20,21)13-4-3-5-14(12-13)22-17(24)15-6-1-2-7-16(15)28(25,26)23-8-10-27-11-9-23/h1-7,12H,8-11H2,(H,22,24). The summed E-state index contributed by atoms with van der Waals surface area (Å²) in [5.41, 5.74) is -1.15. The third kappa shape index (κ3) is 4.34. The first kappa shape index (κ1) is 20.3. The fourth-order valence-electron chi connectivity index (χ4n) is 2.78. The highest BCUT2D eigenvalue weighted by Gasteiger charge is 2.32. The van der Waals surface area contributed by atoms with Gasteiger partial charge in [-0.1, -0.05) is 18.2 Å². The molecule has 0 aromatic heterocycles. The molecule has 1 amide bonds. The molecule has 0 spiro atoms. The van der Waals surface area contributed by atoms with Crippen molar-refractivity contribution >= 4 is 21.6 Å². The summed E-state index contributed by atoms with van der Waals surface area (Å²) in [6, 6.07) is 9.71. The monoisotopic (exact) mass is 414 g/mol. The molecule has 6 nitrogen and oxygen atoms in total. The maximum absolute atomic E-state index is 12.9. The zero-order valence-electron chi connectivity index (χ0n) is 14.6. The largest absolute Gasteiger partial charge is 0.416 e. The number of halogens is 3. The summed E-state index contributed by atoms with van der Waals surface area (Å²) in [5, 5.41) is 2.34. The van der Waals surface area contributed by atoms with Crippen molar-refractivity contribution in [1.82, 2.24) is 4.31 Å². The number of anilines is 1. The quantitative estimate of drug-likeness (QED) is 0.835. The lowest BCUT2D eigenvalue weighted by Gasteiger charge is -2.26. The molecule has 0 atom stereocenters. The van der Waals surface area contributed by atoms with Crippen LogP contribution in [0.4, 0.5) is 18.9 Å². The molecule has 1 aliphatic rings. The van der Waals surface area contributed by atoms with E-state index >= 15 is 0 Å². The van der Waals surface area contributed by atoms with E-state index in [9.17, 15) is 26.4 Å². The number of benzene rings is 2. The van der Waals surface area contributed by atoms with Gasteiger partial charge in [-0.3, -0.25) is 4.79 Å². The van der Waals surface area contributed by atoms with Crippen LogP contribution >= 0.6 is 0 Å². The van der Waals surface area contributed by atoms with E-state index in [1.807, 2.05) is 0 Å². The van der Waals surface area contributed by atoms with Crippen molar-refractivity contribution in [2.24, 2.45) is 0 Å². The highest BCUT2D eigenvalue weighted by molar-refractivity contribution is 7.89. The van der Waals surface area contributed by atoms with E-state index < -0.39 is 27.7 Å². The van der Waals surface area contributed by atoms with Crippen LogP contribution in [0.15, 0.2) is 53.4 Å². The van der Waals surface area contributed by atoms with Crippen LogP contribution in [0.2, 0.25) is 0 Å². The van der Waals surface area contributed by atoms with Crippen LogP contribution in [0.1, 0.15) is 15.9 Å². The minimum Gasteiger partial charge on any atom is -0.379 e. The van der Waals surface area contributed by atoms with E-state index in [2.05, 4.69) is 5.32 Å². The van der Waals surface area contributed by atoms with Gasteiger partial charge in [-0.05, 0) is 30.3 Å². The molecule has 0 radical (unpaired) electrons. The van der Waals surface area contributed by atoms with Gasteiger partial charge >= 0.3 is 6.18 Å². The van der Waals surface area contributed by atoms with Crippen LogP contribution in [0.5, 0.6) is 0 Å². The number of morpholine rings is 1. The molecule has 0 saturated carbocycles. The first-order valence-electron chi connectivity index (χ1n) is 8.35. The Morgan fingerprint density at radius 2 is 1.71 bits per heavy atom. The van der Waals surface area contributed by atoms with Crippen molar-refractivity contribution in [1.29, 1.82) is 0 Å². The van der Waals surface area contributed by atoms with Crippen LogP contribution in [-0.4, -0.2) is 44.9 Å². The second kappa shape index (κ2) is 7.90. The Balaban J connectivity index is 1.90. The number of rotatable bonds is 4. The van der Waals surface area contributed by atoms with E-state index in [0.717, 1.165) is 18.2 Å². The second-order valence-corrected chi connectivity index (χ2v) is 7.95. The number of alkyl halides is 3. The molecule has 2 aromatic rings. The normalized spacial score (nSPS) is 16.0. The van der Waals surface area contributed by atoms with Gasteiger partial charge in [0.25, 0.3) is 5.91 Å². The number of hydrogen-bond donors (Lipinski definition) is 1. The summed E-state index contributed by atoms with van der Waals surface area (Å²) in [6.45, 7) is 0.813. The van der Waals surface area contributed by atoms with Crippen LogP contribution in [0, 0.1) is 0 Å². The first-order valence-corrected chi connectivity index (χ1v) is 9.79. The van der Waals surface area contributed by atoms with Crippen molar-refractivity contribution in [2.75, 3.05) is 31.6 Å². The average molecular weight is 414 g/mol. The lowest BCUT2D eigenvalue weighted by molar-refractivity contribution is -0.137. The molecular formula is C18H17F3N2O4S. The van der Waals surface area contributed by atoms with Crippen molar-refractivity contribution in [3.8, 4) is 0 Å². The number of carbonyl (C=O) groups is 1. The fraction of sp³-hybridized carbons (Fsp3) is 0.278. The molecule has 1 saturated heterocycles. The van der Waals surface area contributed by atoms with Gasteiger partial charge in [0.2, 0.25) is 10.0 Å². The summed E-state index contributed by atoms with van der Waals surface area (Å²) in [4.78, 5) is 12.4. The number of hydrogen-bond acceptors (Lipinski definition) is 4. The van der Waals surface area contributed by atoms with Gasteiger partial charge in [0.1, 0.15) is 0 Å². The lowest BCUT2D eigenvalue weighted by Crippen LogP contribution is -2.41. The first-order chi connectivity index (χ1) is 13.2. The highest BCUT2D eigenvalue weighted by atomic mass is 32.2. The molecule has 2 aromatic carbocycles. The van der Waals surface area contributed by atoms with E-state index in [-0.39, 0.29) is 42.4 Å². The molecule has 10 heteroatoms. The minimum absolute atomic E-state index is 0.0848. The Kier molecular flexibility index (Phi) is 5.73. The molecule has 28 heavy (non-hydrogen) atoms. The number of nitrogens with one attached hydrogen (secondary N) is 1. The molecule has 3 rings (SSSR count). The molecule has 0 bridgehead atoms. The summed E-state index contributed by atoms with van der Waals surface area (Å²) < 4.78 is 70.7. The molecule has 150 valence electrons. The van der Waals surface area contributed by atoms with Crippen molar-refractivity contribution in [3.05, 3.63) is 59.7 Å². The predicted molar refractivity (Wildman–Crippen MR) is 95.4 cm³/mol. The summed E-state index contributed by atoms with van der Waals surface area (Å²) in [6.07, 6.45) is -4.56. The maximum Gasteiger partial charge on any atom is 0.416 e. The Bertz CT molecular complexity index is 971. The van der Waals surface area contributed by atoms with Crippen molar-refractivity contribution in [2.45, 2.75) is 11.1 Å². The molecule has 1 heterocycles. The number of carbonyl (C=O) groups excluding carboxylic acids is 1. The summed E-state index contributed by atoms with van der Waals surface area (Å²) in [5.74, 6) is -0.813. The Hall–Kier alpha value is -2.43. The van der Waals surface area contributed by atoms with Gasteiger partial charge in [-0.2, -0.15) is 17.5 Å². The van der Waals surface area contributed by atoms with Crippen molar-refractivity contribution < 1.29 is 31.1 Å². The number of ether oxygens (including phenoxy) is 1. The number of nitrogens with zero attached hydrogens (tertiary/aromatic N) is 1. The molecule has 1 aliphatic heterocycles. The second-order valence-electron chi connectivity index (χ2n) is 6.05. The van der Waals surface area contributed by atoms with Gasteiger partial charge in [0, 0.05) is 18.8 Å². The third-order valence-electron chi connectivity index (χ3n) is 4.17. The van der Waals surface area contributed by atoms with Crippen molar-refractivity contribution in [3.63, 3.8) is 0 Å². The smallest absolute Gasteiger partial charge is 0.379 e. The van der Waals surface area contributed by atoms with Crippen LogP contribution in [0.3, 0.4) is 0 Å². The van der Waals surface area contributed by atoms with Gasteiger partial charge in [-0.25, -0.2) is 8.42 Å². The maximum atomic E-state index is 12.9. The van der Waals surface area contributed by atoms with E-state index in [4.69, 9.17) is 4.74 Å². The third-order valence-corrected chi connectivity index (χ3v) is 6.12. The van der Waals surface area contributed by atoms with Crippen LogP contribution in [-0.2, 0) is 20.9 Å². The average Bonchev–Trinajstić information content (AvgIpc) is 2.68. The minimum atomic E-state index is -4.56. The molecular weight excluding hydrogens is 397 g/mol. The highest BCUT2D eigenvalue weighted by Crippen LogP contribution is 2.31. The summed E-state index contributed by atoms with van der Waals surface area (Å²) in [7, 11) is -3.95. The van der Waals surface area contributed by atoms with E-state index in [1.54, 1.807) is 0 Å². The Morgan fingerprint density at radius 3 is 2.39 bits per heavy atom. The molecule has 1 fully saturated rings. The topological polar surface area (TPSA) is 75.7 Å². The Labute approximate surface area is 160 Å². The zero-order valence-corrected chi connectivity index (χ0v) is 15.4. The zero-order chi connectivity index (χ0) is 20.4. The fourth-order valence-corrected chi connectivity index (χ4v) is 4.37. The number of sulfonamides is 1. The molecule has 1 N–H and O–H groups in total. The number of amides is 1. The molecule has 0 unspecified atom stereocenters. The van der Waals surface area contributed by atoms with Crippen LogP contribution < -0.4 is 5.32 Å². The van der Waals surface area contributed by atoms with E-state index in [1.165, 1.54) is 34.6 Å². The van der Waals surface area contributed by atoms with Crippen LogP contribution in [0.25, 0.3) is 0 Å². The SMILES string of the molecule is O=C(Nc1cccc(C(F)(F)F)c1)c1ccccc1S(=O)(=O)N1CCOCC1. The lowest BCUT2D eigenvalue weighted by atomic mass is 10.1. The van der Waals surface area contributed by atoms with Gasteiger partial charge in [0.15, 0.2) is 0 Å². The Morgan fingerprint density at radius 1 is 1.04 bits per heavy atom. The summed E-state index contributed by atoms with van der Waals surface area (Å²) >= 11 is 0. The van der Waals surface area contributed by atoms with Gasteiger partial charge in [-0.15, -0.1) is 0 Å². The van der Waals surface area contributed by atoms with E-state index in [0.29, 0.717) is 0 Å². The van der Waals surface area contributed by atoms with Gasteiger partial charge < -0.3 is 10.1 Å². The van der Waals surface area contributed by atoms with Gasteiger partial charge in [0.05, 0.1) is 29.2 Å². The molecule has 0 aliphatic carbocycles.